The molecule has 0 spiro atoms. The van der Waals surface area contributed by atoms with Gasteiger partial charge in [0.05, 0.1) is 29.6 Å². The van der Waals surface area contributed by atoms with Gasteiger partial charge < -0.3 is 10.0 Å². The van der Waals surface area contributed by atoms with Crippen LogP contribution < -0.4 is 0 Å². The Morgan fingerprint density at radius 3 is 2.37 bits per heavy atom. The molecular formula is C17H20N4O5S. The van der Waals surface area contributed by atoms with E-state index in [4.69, 9.17) is 5.11 Å². The summed E-state index contributed by atoms with van der Waals surface area (Å²) >= 11 is 0. The highest BCUT2D eigenvalue weighted by molar-refractivity contribution is 7.89. The van der Waals surface area contributed by atoms with E-state index >= 15 is 0 Å². The first-order valence-corrected chi connectivity index (χ1v) is 9.90. The van der Waals surface area contributed by atoms with Crippen LogP contribution in [-0.2, 0) is 21.4 Å². The normalized spacial score (nSPS) is 15.6. The average Bonchev–Trinajstić information content (AvgIpc) is 3.15. The van der Waals surface area contributed by atoms with Crippen molar-refractivity contribution in [3.05, 3.63) is 48.3 Å². The first-order valence-electron chi connectivity index (χ1n) is 8.46. The number of hydrogen-bond acceptors (Lipinski definition) is 5. The quantitative estimate of drug-likeness (QED) is 0.766. The van der Waals surface area contributed by atoms with Gasteiger partial charge in [0.25, 0.3) is 5.91 Å². The van der Waals surface area contributed by atoms with Crippen LogP contribution in [0.4, 0.5) is 0 Å². The van der Waals surface area contributed by atoms with Crippen LogP contribution in [0.5, 0.6) is 0 Å². The molecule has 1 aliphatic rings. The molecule has 3 rings (SSSR count). The van der Waals surface area contributed by atoms with Crippen LogP contribution >= 0.6 is 0 Å². The van der Waals surface area contributed by atoms with Crippen molar-refractivity contribution in [1.82, 2.24) is 19.0 Å². The zero-order valence-corrected chi connectivity index (χ0v) is 15.4. The van der Waals surface area contributed by atoms with Crippen LogP contribution in [0.15, 0.2) is 47.6 Å². The summed E-state index contributed by atoms with van der Waals surface area (Å²) in [4.78, 5) is 25.0. The zero-order valence-electron chi connectivity index (χ0n) is 14.6. The van der Waals surface area contributed by atoms with Crippen molar-refractivity contribution >= 4 is 21.9 Å². The van der Waals surface area contributed by atoms with Gasteiger partial charge in [-0.15, -0.1) is 0 Å². The predicted molar refractivity (Wildman–Crippen MR) is 95.6 cm³/mol. The highest BCUT2D eigenvalue weighted by atomic mass is 32.2. The van der Waals surface area contributed by atoms with Crippen LogP contribution in [0.25, 0.3) is 0 Å². The van der Waals surface area contributed by atoms with E-state index in [0.717, 1.165) is 0 Å². The lowest BCUT2D eigenvalue weighted by molar-refractivity contribution is -0.137. The lowest BCUT2D eigenvalue weighted by Crippen LogP contribution is -2.50. The predicted octanol–water partition coefficient (Wildman–Crippen LogP) is 0.504. The Hall–Kier alpha value is -2.72. The van der Waals surface area contributed by atoms with Crippen LogP contribution in [-0.4, -0.2) is 70.6 Å². The smallest absolute Gasteiger partial charge is 0.305 e. The van der Waals surface area contributed by atoms with Gasteiger partial charge in [0.15, 0.2) is 0 Å². The second-order valence-corrected chi connectivity index (χ2v) is 8.08. The fraction of sp³-hybridized carbons (Fsp3) is 0.353. The zero-order chi connectivity index (χ0) is 19.4. The van der Waals surface area contributed by atoms with Gasteiger partial charge >= 0.3 is 5.97 Å². The minimum atomic E-state index is -3.56. The van der Waals surface area contributed by atoms with Gasteiger partial charge in [-0.2, -0.15) is 9.40 Å². The number of sulfonamides is 1. The van der Waals surface area contributed by atoms with Crippen molar-refractivity contribution < 1.29 is 23.1 Å². The molecule has 27 heavy (non-hydrogen) atoms. The van der Waals surface area contributed by atoms with E-state index in [1.54, 1.807) is 35.2 Å². The number of aliphatic carboxylic acids is 1. The number of carbonyl (C=O) groups is 2. The van der Waals surface area contributed by atoms with E-state index in [1.165, 1.54) is 21.4 Å². The highest BCUT2D eigenvalue weighted by Gasteiger charge is 2.30. The first-order chi connectivity index (χ1) is 12.9. The molecule has 2 heterocycles. The van der Waals surface area contributed by atoms with Crippen LogP contribution in [0.3, 0.4) is 0 Å². The Labute approximate surface area is 156 Å². The molecule has 10 heteroatoms. The number of piperazine rings is 1. The summed E-state index contributed by atoms with van der Waals surface area (Å²) in [6.07, 6.45) is 2.83. The van der Waals surface area contributed by atoms with E-state index in [-0.39, 0.29) is 49.9 Å². The van der Waals surface area contributed by atoms with Crippen molar-refractivity contribution in [3.8, 4) is 0 Å². The second kappa shape index (κ2) is 7.89. The molecule has 0 bridgehead atoms. The van der Waals surface area contributed by atoms with Crippen LogP contribution in [0, 0.1) is 0 Å². The van der Waals surface area contributed by atoms with E-state index in [0.29, 0.717) is 5.56 Å². The monoisotopic (exact) mass is 392 g/mol. The summed E-state index contributed by atoms with van der Waals surface area (Å²) in [7, 11) is -3.56. The molecule has 1 aliphatic heterocycles. The number of aromatic nitrogens is 2. The van der Waals surface area contributed by atoms with Crippen molar-refractivity contribution in [2.75, 3.05) is 26.2 Å². The number of aryl methyl sites for hydroxylation is 1. The number of nitrogens with zero attached hydrogens (tertiary/aromatic N) is 4. The molecule has 2 aromatic rings. The Morgan fingerprint density at radius 1 is 1.07 bits per heavy atom. The summed E-state index contributed by atoms with van der Waals surface area (Å²) in [6.45, 7) is 1.19. The summed E-state index contributed by atoms with van der Waals surface area (Å²) in [5.74, 6) is -1.18. The third-order valence-corrected chi connectivity index (χ3v) is 6.25. The SMILES string of the molecule is O=C(O)CCn1cc(C(=O)N2CCN(S(=O)(=O)c3ccccc3)CC2)cn1. The number of benzene rings is 1. The Kier molecular flexibility index (Phi) is 5.57. The van der Waals surface area contributed by atoms with Crippen LogP contribution in [0.2, 0.25) is 0 Å². The summed E-state index contributed by atoms with van der Waals surface area (Å²) in [5.41, 5.74) is 0.361. The molecule has 1 fully saturated rings. The van der Waals surface area contributed by atoms with Gasteiger partial charge in [-0.25, -0.2) is 8.42 Å². The number of carboxylic acids is 1. The minimum Gasteiger partial charge on any atom is -0.481 e. The van der Waals surface area contributed by atoms with Crippen molar-refractivity contribution in [2.24, 2.45) is 0 Å². The fourth-order valence-corrected chi connectivity index (χ4v) is 4.31. The third-order valence-electron chi connectivity index (χ3n) is 4.34. The maximum atomic E-state index is 12.6. The average molecular weight is 392 g/mol. The molecule has 1 aromatic heterocycles. The first kappa shape index (κ1) is 19.1. The molecule has 9 nitrogen and oxygen atoms in total. The lowest BCUT2D eigenvalue weighted by Gasteiger charge is -2.33. The second-order valence-electron chi connectivity index (χ2n) is 6.15. The van der Waals surface area contributed by atoms with Crippen molar-refractivity contribution in [1.29, 1.82) is 0 Å². The number of hydrogen-bond donors (Lipinski definition) is 1. The molecule has 0 aliphatic carbocycles. The molecule has 1 amide bonds. The molecule has 0 saturated carbocycles. The van der Waals surface area contributed by atoms with E-state index in [2.05, 4.69) is 5.10 Å². The van der Waals surface area contributed by atoms with E-state index in [9.17, 15) is 18.0 Å². The fourth-order valence-electron chi connectivity index (χ4n) is 2.86. The molecule has 1 saturated heterocycles. The highest BCUT2D eigenvalue weighted by Crippen LogP contribution is 2.18. The third kappa shape index (κ3) is 4.34. The standard InChI is InChI=1S/C17H20N4O5S/c22-16(23)6-7-20-13-14(12-18-20)17(24)19-8-10-21(11-9-19)27(25,26)15-4-2-1-3-5-15/h1-5,12-13H,6-11H2,(H,22,23). The van der Waals surface area contributed by atoms with Gasteiger partial charge in [0.2, 0.25) is 10.0 Å². The molecule has 0 unspecified atom stereocenters. The van der Waals surface area contributed by atoms with Gasteiger partial charge in [0.1, 0.15) is 0 Å². The molecule has 1 aromatic carbocycles. The van der Waals surface area contributed by atoms with Gasteiger partial charge in [-0.1, -0.05) is 18.2 Å². The van der Waals surface area contributed by atoms with E-state index < -0.39 is 16.0 Å². The number of carbonyl (C=O) groups excluding carboxylic acids is 1. The topological polar surface area (TPSA) is 113 Å². The number of rotatable bonds is 6. The molecule has 144 valence electrons. The maximum absolute atomic E-state index is 12.6. The van der Waals surface area contributed by atoms with Gasteiger partial charge in [-0.3, -0.25) is 14.3 Å². The number of amides is 1. The summed E-state index contributed by atoms with van der Waals surface area (Å²) in [5, 5.41) is 12.7. The van der Waals surface area contributed by atoms with Crippen molar-refractivity contribution in [2.45, 2.75) is 17.9 Å². The molecular weight excluding hydrogens is 372 g/mol. The van der Waals surface area contributed by atoms with Crippen LogP contribution in [0.1, 0.15) is 16.8 Å². The summed E-state index contributed by atoms with van der Waals surface area (Å²) in [6, 6.07) is 8.21. The Balaban J connectivity index is 1.60. The van der Waals surface area contributed by atoms with E-state index in [1.807, 2.05) is 0 Å². The Bertz CT molecular complexity index is 918. The van der Waals surface area contributed by atoms with Crippen molar-refractivity contribution in [3.63, 3.8) is 0 Å². The summed E-state index contributed by atoms with van der Waals surface area (Å²) < 4.78 is 28.0. The largest absolute Gasteiger partial charge is 0.481 e. The maximum Gasteiger partial charge on any atom is 0.305 e. The molecule has 0 atom stereocenters. The van der Waals surface area contributed by atoms with Gasteiger partial charge in [0, 0.05) is 32.4 Å². The number of carboxylic acid groups (broad SMARTS) is 1. The minimum absolute atomic E-state index is 0.0780. The molecule has 1 N–H and O–H groups in total. The Morgan fingerprint density at radius 2 is 1.74 bits per heavy atom. The van der Waals surface area contributed by atoms with Gasteiger partial charge in [-0.05, 0) is 12.1 Å². The molecule has 0 radical (unpaired) electrons. The lowest BCUT2D eigenvalue weighted by atomic mass is 10.2.